The highest BCUT2D eigenvalue weighted by Gasteiger charge is 2.51. The minimum Gasteiger partial charge on any atom is -0.463 e. The number of hydrogen-bond acceptors (Lipinski definition) is 10. The molecule has 11 heteroatoms. The van der Waals surface area contributed by atoms with Gasteiger partial charge in [0.1, 0.15) is 24.3 Å². The zero-order valence-electron chi connectivity index (χ0n) is 14.8. The number of hydrogen-bond donors (Lipinski definition) is 0. The number of aromatic nitrogens is 2. The van der Waals surface area contributed by atoms with Gasteiger partial charge in [-0.15, -0.1) is 0 Å². The molecule has 0 unspecified atom stereocenters. The molecule has 11 nitrogen and oxygen atoms in total. The first kappa shape index (κ1) is 20.1. The Morgan fingerprint density at radius 3 is 2.37 bits per heavy atom. The van der Waals surface area contributed by atoms with Crippen LogP contribution in [0, 0.1) is 11.3 Å². The average molecular weight is 379 g/mol. The molecule has 2 rings (SSSR count). The van der Waals surface area contributed by atoms with Gasteiger partial charge in [-0.2, -0.15) is 15.0 Å². The molecule has 0 amide bonds. The van der Waals surface area contributed by atoms with E-state index >= 15 is 0 Å². The fourth-order valence-corrected chi connectivity index (χ4v) is 2.58. The third-order valence-corrected chi connectivity index (χ3v) is 3.57. The van der Waals surface area contributed by atoms with E-state index in [1.165, 1.54) is 19.2 Å². The van der Waals surface area contributed by atoms with Crippen LogP contribution in [0.1, 0.15) is 32.6 Å². The van der Waals surface area contributed by atoms with Gasteiger partial charge < -0.3 is 18.9 Å². The fourth-order valence-electron chi connectivity index (χ4n) is 2.58. The maximum Gasteiger partial charge on any atom is 0.303 e. The standard InChI is InChI=1S/C16H17N3O8/c1-8(20)24-7-12-13(25-9(2)21)14(26-10(3)22)16(27-12)19-15(23)11(6-17)4-5-18-19/h4-5,12-14,16H,7H2,1-3H3/t12-,13-,14-,16-/m1/s1. The van der Waals surface area contributed by atoms with Crippen LogP contribution in [-0.4, -0.2) is 52.6 Å². The van der Waals surface area contributed by atoms with Crippen molar-refractivity contribution in [1.29, 1.82) is 5.26 Å². The molecular formula is C16H17N3O8. The second kappa shape index (κ2) is 8.41. The summed E-state index contributed by atoms with van der Waals surface area (Å²) in [6, 6.07) is 2.93. The maximum absolute atomic E-state index is 12.4. The Balaban J connectivity index is 2.46. The first-order chi connectivity index (χ1) is 12.7. The molecule has 4 atom stereocenters. The Bertz CT molecular complexity index is 843. The molecule has 2 heterocycles. The van der Waals surface area contributed by atoms with Gasteiger partial charge in [0.15, 0.2) is 18.4 Å². The lowest BCUT2D eigenvalue weighted by Crippen LogP contribution is -2.42. The summed E-state index contributed by atoms with van der Waals surface area (Å²) in [6.07, 6.45) is -3.51. The second-order valence-electron chi connectivity index (χ2n) is 5.62. The zero-order chi connectivity index (χ0) is 20.1. The van der Waals surface area contributed by atoms with Crippen LogP contribution in [0.4, 0.5) is 0 Å². The van der Waals surface area contributed by atoms with E-state index in [9.17, 15) is 19.2 Å². The van der Waals surface area contributed by atoms with Crippen molar-refractivity contribution < 1.29 is 33.3 Å². The van der Waals surface area contributed by atoms with Crippen molar-refractivity contribution in [3.63, 3.8) is 0 Å². The average Bonchev–Trinajstić information content (AvgIpc) is 2.89. The lowest BCUT2D eigenvalue weighted by atomic mass is 10.1. The van der Waals surface area contributed by atoms with E-state index < -0.39 is 48.0 Å². The molecular weight excluding hydrogens is 362 g/mol. The Morgan fingerprint density at radius 2 is 1.81 bits per heavy atom. The highest BCUT2D eigenvalue weighted by Crippen LogP contribution is 2.33. The van der Waals surface area contributed by atoms with Crippen molar-refractivity contribution in [2.45, 2.75) is 45.3 Å². The minimum atomic E-state index is -1.29. The van der Waals surface area contributed by atoms with Crippen LogP contribution in [0.2, 0.25) is 0 Å². The highest BCUT2D eigenvalue weighted by atomic mass is 16.7. The number of esters is 3. The summed E-state index contributed by atoms with van der Waals surface area (Å²) in [5.41, 5.74) is -0.987. The molecule has 0 N–H and O–H groups in total. The van der Waals surface area contributed by atoms with Crippen LogP contribution in [0.5, 0.6) is 0 Å². The SMILES string of the molecule is CC(=O)OC[C@H]1O[C@@H](n2nccc(C#N)c2=O)[C@H](OC(C)=O)[C@@H]1OC(C)=O. The first-order valence-electron chi connectivity index (χ1n) is 7.85. The quantitative estimate of drug-likeness (QED) is 0.481. The third-order valence-electron chi connectivity index (χ3n) is 3.57. The maximum atomic E-state index is 12.4. The van der Waals surface area contributed by atoms with Crippen molar-refractivity contribution in [2.75, 3.05) is 6.61 Å². The monoisotopic (exact) mass is 379 g/mol. The Morgan fingerprint density at radius 1 is 1.19 bits per heavy atom. The third kappa shape index (κ3) is 4.68. The number of nitrogens with zero attached hydrogens (tertiary/aromatic N) is 3. The predicted molar refractivity (Wildman–Crippen MR) is 84.9 cm³/mol. The van der Waals surface area contributed by atoms with Crippen LogP contribution in [-0.2, 0) is 33.3 Å². The summed E-state index contributed by atoms with van der Waals surface area (Å²) in [5.74, 6) is -2.02. The number of ether oxygens (including phenoxy) is 4. The van der Waals surface area contributed by atoms with Gasteiger partial charge in [-0.25, -0.2) is 0 Å². The predicted octanol–water partition coefficient (Wildman–Crippen LogP) is -0.561. The van der Waals surface area contributed by atoms with E-state index in [1.54, 1.807) is 6.07 Å². The van der Waals surface area contributed by atoms with Crippen LogP contribution in [0.25, 0.3) is 0 Å². The van der Waals surface area contributed by atoms with Crippen LogP contribution in [0.15, 0.2) is 17.1 Å². The highest BCUT2D eigenvalue weighted by molar-refractivity contribution is 5.68. The van der Waals surface area contributed by atoms with Gasteiger partial charge >= 0.3 is 17.9 Å². The second-order valence-corrected chi connectivity index (χ2v) is 5.62. The molecule has 1 saturated heterocycles. The van der Waals surface area contributed by atoms with E-state index in [4.69, 9.17) is 24.2 Å². The minimum absolute atomic E-state index is 0.206. The molecule has 144 valence electrons. The number of carbonyl (C=O) groups is 3. The summed E-state index contributed by atoms with van der Waals surface area (Å²) in [7, 11) is 0. The van der Waals surface area contributed by atoms with Gasteiger partial charge in [0.2, 0.25) is 0 Å². The molecule has 0 spiro atoms. The number of nitriles is 1. The summed E-state index contributed by atoms with van der Waals surface area (Å²) >= 11 is 0. The van der Waals surface area contributed by atoms with Crippen molar-refractivity contribution in [2.24, 2.45) is 0 Å². The molecule has 1 aromatic rings. The van der Waals surface area contributed by atoms with Gasteiger partial charge in [-0.1, -0.05) is 0 Å². The van der Waals surface area contributed by atoms with Crippen molar-refractivity contribution >= 4 is 17.9 Å². The van der Waals surface area contributed by atoms with Gasteiger partial charge in [0.05, 0.1) is 0 Å². The summed E-state index contributed by atoms with van der Waals surface area (Å²) in [6.45, 7) is 3.14. The van der Waals surface area contributed by atoms with E-state index in [2.05, 4.69) is 5.10 Å². The van der Waals surface area contributed by atoms with Gasteiger partial charge in [0, 0.05) is 27.0 Å². The first-order valence-corrected chi connectivity index (χ1v) is 7.85. The summed E-state index contributed by atoms with van der Waals surface area (Å²) in [4.78, 5) is 46.5. The lowest BCUT2D eigenvalue weighted by Gasteiger charge is -2.23. The van der Waals surface area contributed by atoms with E-state index in [0.29, 0.717) is 0 Å². The molecule has 1 fully saturated rings. The fraction of sp³-hybridized carbons (Fsp3) is 0.500. The van der Waals surface area contributed by atoms with Gasteiger partial charge in [0.25, 0.3) is 5.56 Å². The molecule has 0 radical (unpaired) electrons. The molecule has 0 saturated carbocycles. The molecule has 0 bridgehead atoms. The normalized spacial score (nSPS) is 23.9. The van der Waals surface area contributed by atoms with Crippen molar-refractivity contribution in [1.82, 2.24) is 9.78 Å². The molecule has 1 aliphatic rings. The van der Waals surface area contributed by atoms with Crippen molar-refractivity contribution in [3.05, 3.63) is 28.2 Å². The summed E-state index contributed by atoms with van der Waals surface area (Å²) in [5, 5.41) is 12.9. The largest absolute Gasteiger partial charge is 0.463 e. The van der Waals surface area contributed by atoms with Gasteiger partial charge in [-0.05, 0) is 6.07 Å². The van der Waals surface area contributed by atoms with E-state index in [-0.39, 0.29) is 12.2 Å². The van der Waals surface area contributed by atoms with Crippen molar-refractivity contribution in [3.8, 4) is 6.07 Å². The van der Waals surface area contributed by atoms with E-state index in [0.717, 1.165) is 18.5 Å². The molecule has 27 heavy (non-hydrogen) atoms. The Labute approximate surface area is 153 Å². The number of carbonyl (C=O) groups excluding carboxylic acids is 3. The molecule has 1 aromatic heterocycles. The van der Waals surface area contributed by atoms with Crippen LogP contribution >= 0.6 is 0 Å². The van der Waals surface area contributed by atoms with Gasteiger partial charge in [-0.3, -0.25) is 19.2 Å². The van der Waals surface area contributed by atoms with E-state index in [1.807, 2.05) is 0 Å². The molecule has 0 aliphatic carbocycles. The lowest BCUT2D eigenvalue weighted by molar-refractivity contribution is -0.166. The molecule has 1 aliphatic heterocycles. The zero-order valence-corrected chi connectivity index (χ0v) is 14.8. The summed E-state index contributed by atoms with van der Waals surface area (Å²) < 4.78 is 21.7. The Kier molecular flexibility index (Phi) is 6.25. The number of rotatable bonds is 5. The molecule has 0 aromatic carbocycles. The Hall–Kier alpha value is -3.26. The smallest absolute Gasteiger partial charge is 0.303 e. The van der Waals surface area contributed by atoms with Crippen LogP contribution in [0.3, 0.4) is 0 Å². The van der Waals surface area contributed by atoms with Crippen LogP contribution < -0.4 is 5.56 Å². The topological polar surface area (TPSA) is 147 Å².